The first-order valence-corrected chi connectivity index (χ1v) is 11.2. The number of amides is 1. The Morgan fingerprint density at radius 1 is 1.36 bits per heavy atom. The maximum absolute atomic E-state index is 12.3. The van der Waals surface area contributed by atoms with Crippen LogP contribution < -0.4 is 5.32 Å². The fourth-order valence-electron chi connectivity index (χ4n) is 3.30. The quantitative estimate of drug-likeness (QED) is 0.592. The van der Waals surface area contributed by atoms with Crippen molar-refractivity contribution < 1.29 is 9.21 Å². The number of aromatic nitrogens is 2. The molecular formula is C21H23N3O2S2. The van der Waals surface area contributed by atoms with Crippen molar-refractivity contribution in [3.63, 3.8) is 0 Å². The van der Waals surface area contributed by atoms with Gasteiger partial charge >= 0.3 is 0 Å². The van der Waals surface area contributed by atoms with Crippen molar-refractivity contribution in [1.29, 1.82) is 0 Å². The molecule has 2 heterocycles. The van der Waals surface area contributed by atoms with Gasteiger partial charge in [-0.15, -0.1) is 21.5 Å². The Hall–Kier alpha value is -2.12. The number of nitrogens with one attached hydrogen (secondary N) is 1. The molecule has 0 saturated heterocycles. The van der Waals surface area contributed by atoms with Crippen molar-refractivity contribution in [2.45, 2.75) is 50.1 Å². The van der Waals surface area contributed by atoms with E-state index in [9.17, 15) is 4.79 Å². The number of thiophene rings is 1. The number of carbonyl (C=O) groups excluding carboxylic acids is 1. The maximum atomic E-state index is 12.3. The average Bonchev–Trinajstić information content (AvgIpc) is 3.33. The molecule has 0 fully saturated rings. The lowest BCUT2D eigenvalue weighted by molar-refractivity contribution is -0.120. The number of aryl methyl sites for hydroxylation is 1. The van der Waals surface area contributed by atoms with Crippen molar-refractivity contribution in [1.82, 2.24) is 15.5 Å². The van der Waals surface area contributed by atoms with Gasteiger partial charge < -0.3 is 9.73 Å². The normalized spacial score (nSPS) is 17.1. The highest BCUT2D eigenvalue weighted by Crippen LogP contribution is 2.37. The molecule has 5 nitrogen and oxygen atoms in total. The highest BCUT2D eigenvalue weighted by atomic mass is 32.2. The minimum Gasteiger partial charge on any atom is -0.410 e. The van der Waals surface area contributed by atoms with Gasteiger partial charge in [-0.2, -0.15) is 0 Å². The van der Waals surface area contributed by atoms with Gasteiger partial charge in [-0.3, -0.25) is 4.79 Å². The molecule has 1 aromatic carbocycles. The fraction of sp³-hybridized carbons (Fsp3) is 0.381. The molecule has 1 N–H and O–H groups in total. The molecule has 3 aromatic rings. The molecule has 0 radical (unpaired) electrons. The van der Waals surface area contributed by atoms with Gasteiger partial charge in [0.2, 0.25) is 5.91 Å². The van der Waals surface area contributed by atoms with Gasteiger partial charge in [-0.25, -0.2) is 0 Å². The zero-order valence-corrected chi connectivity index (χ0v) is 17.6. The van der Waals surface area contributed by atoms with Crippen LogP contribution in [0.15, 0.2) is 46.0 Å². The predicted molar refractivity (Wildman–Crippen MR) is 112 cm³/mol. The lowest BCUT2D eigenvalue weighted by Crippen LogP contribution is -2.30. The highest BCUT2D eigenvalue weighted by Gasteiger charge is 2.22. The van der Waals surface area contributed by atoms with Gasteiger partial charge in [0.1, 0.15) is 0 Å². The SMILES string of the molecule is C[C@@H]1CCc2sc(-c3nnc(S[C@H](C)C(=O)NCc4ccccc4)o3)cc2C1. The minimum atomic E-state index is -0.311. The van der Waals surface area contributed by atoms with Crippen LogP contribution in [0.4, 0.5) is 0 Å². The molecular weight excluding hydrogens is 390 g/mol. The Morgan fingerprint density at radius 3 is 3.00 bits per heavy atom. The Bertz CT molecular complexity index is 952. The summed E-state index contributed by atoms with van der Waals surface area (Å²) in [6.45, 7) is 4.66. The van der Waals surface area contributed by atoms with Gasteiger partial charge in [-0.05, 0) is 49.3 Å². The van der Waals surface area contributed by atoms with Gasteiger partial charge in [0, 0.05) is 11.4 Å². The largest absolute Gasteiger partial charge is 0.410 e. The number of nitrogens with zero attached hydrogens (tertiary/aromatic N) is 2. The van der Waals surface area contributed by atoms with E-state index in [2.05, 4.69) is 28.5 Å². The monoisotopic (exact) mass is 413 g/mol. The van der Waals surface area contributed by atoms with Crippen LogP contribution in [0.1, 0.15) is 36.3 Å². The molecule has 2 aromatic heterocycles. The van der Waals surface area contributed by atoms with Crippen molar-refractivity contribution in [3.05, 3.63) is 52.4 Å². The summed E-state index contributed by atoms with van der Waals surface area (Å²) in [6.07, 6.45) is 3.50. The summed E-state index contributed by atoms with van der Waals surface area (Å²) in [5.41, 5.74) is 2.49. The van der Waals surface area contributed by atoms with Crippen LogP contribution in [-0.4, -0.2) is 21.4 Å². The lowest BCUT2D eigenvalue weighted by atomic mass is 9.90. The molecule has 1 amide bonds. The van der Waals surface area contributed by atoms with Crippen LogP contribution in [0.5, 0.6) is 0 Å². The number of hydrogen-bond acceptors (Lipinski definition) is 6. The highest BCUT2D eigenvalue weighted by molar-refractivity contribution is 8.00. The third-order valence-corrected chi connectivity index (χ3v) is 7.06. The van der Waals surface area contributed by atoms with E-state index in [1.807, 2.05) is 37.3 Å². The van der Waals surface area contributed by atoms with Crippen molar-refractivity contribution in [2.24, 2.45) is 5.92 Å². The summed E-state index contributed by atoms with van der Waals surface area (Å²) in [5, 5.41) is 11.4. The second-order valence-electron chi connectivity index (χ2n) is 7.24. The van der Waals surface area contributed by atoms with Crippen molar-refractivity contribution in [2.75, 3.05) is 0 Å². The van der Waals surface area contributed by atoms with E-state index < -0.39 is 0 Å². The third kappa shape index (κ3) is 4.47. The number of fused-ring (bicyclic) bond motifs is 1. The van der Waals surface area contributed by atoms with Crippen LogP contribution in [-0.2, 0) is 24.2 Å². The van der Waals surface area contributed by atoms with E-state index in [0.717, 1.165) is 29.2 Å². The van der Waals surface area contributed by atoms with Gasteiger partial charge in [0.15, 0.2) is 0 Å². The topological polar surface area (TPSA) is 68.0 Å². The summed E-state index contributed by atoms with van der Waals surface area (Å²) in [7, 11) is 0. The zero-order chi connectivity index (χ0) is 19.5. The third-order valence-electron chi connectivity index (χ3n) is 4.90. The van der Waals surface area contributed by atoms with Crippen molar-refractivity contribution in [3.8, 4) is 10.8 Å². The first kappa shape index (κ1) is 19.2. The molecule has 28 heavy (non-hydrogen) atoms. The zero-order valence-electron chi connectivity index (χ0n) is 16.0. The Balaban J connectivity index is 1.36. The molecule has 0 bridgehead atoms. The number of carbonyl (C=O) groups is 1. The second kappa shape index (κ2) is 8.49. The first-order chi connectivity index (χ1) is 13.6. The Labute approximate surface area is 173 Å². The Morgan fingerprint density at radius 2 is 2.18 bits per heavy atom. The van der Waals surface area contributed by atoms with E-state index in [0.29, 0.717) is 17.7 Å². The number of benzene rings is 1. The molecule has 0 unspecified atom stereocenters. The summed E-state index contributed by atoms with van der Waals surface area (Å²) in [6, 6.07) is 12.0. The number of thioether (sulfide) groups is 1. The van der Waals surface area contributed by atoms with E-state index in [4.69, 9.17) is 4.42 Å². The van der Waals surface area contributed by atoms with Gasteiger partial charge in [0.05, 0.1) is 10.1 Å². The summed E-state index contributed by atoms with van der Waals surface area (Å²) < 4.78 is 5.83. The average molecular weight is 414 g/mol. The van der Waals surface area contributed by atoms with Crippen LogP contribution >= 0.6 is 23.1 Å². The summed E-state index contributed by atoms with van der Waals surface area (Å²) in [4.78, 5) is 14.8. The molecule has 2 atom stereocenters. The standard InChI is InChI=1S/C21H23N3O2S2/c1-13-8-9-17-16(10-13)11-18(28-17)20-23-24-21(26-20)27-14(2)19(25)22-12-15-6-4-3-5-7-15/h3-7,11,13-14H,8-10,12H2,1-2H3,(H,22,25)/t13-,14-/m1/s1. The maximum Gasteiger partial charge on any atom is 0.277 e. The van der Waals surface area contributed by atoms with E-state index in [1.54, 1.807) is 11.3 Å². The van der Waals surface area contributed by atoms with E-state index >= 15 is 0 Å². The molecule has 7 heteroatoms. The molecule has 0 spiro atoms. The predicted octanol–water partition coefficient (Wildman–Crippen LogP) is 4.72. The van der Waals surface area contributed by atoms with Crippen LogP contribution in [0.3, 0.4) is 0 Å². The second-order valence-corrected chi connectivity index (χ2v) is 9.67. The minimum absolute atomic E-state index is 0.0471. The summed E-state index contributed by atoms with van der Waals surface area (Å²) in [5.74, 6) is 1.24. The van der Waals surface area contributed by atoms with E-state index in [-0.39, 0.29) is 11.2 Å². The lowest BCUT2D eigenvalue weighted by Gasteiger charge is -2.16. The van der Waals surface area contributed by atoms with Crippen molar-refractivity contribution >= 4 is 29.0 Å². The smallest absolute Gasteiger partial charge is 0.277 e. The summed E-state index contributed by atoms with van der Waals surface area (Å²) >= 11 is 3.04. The molecule has 0 aliphatic heterocycles. The molecule has 1 aliphatic carbocycles. The van der Waals surface area contributed by atoms with Gasteiger partial charge in [-0.1, -0.05) is 49.0 Å². The number of hydrogen-bond donors (Lipinski definition) is 1. The molecule has 1 aliphatic rings. The fourth-order valence-corrected chi connectivity index (χ4v) is 5.14. The molecule has 146 valence electrons. The van der Waals surface area contributed by atoms with Crippen LogP contribution in [0.25, 0.3) is 10.8 Å². The van der Waals surface area contributed by atoms with Crippen LogP contribution in [0.2, 0.25) is 0 Å². The number of rotatable bonds is 6. The first-order valence-electron chi connectivity index (χ1n) is 9.52. The van der Waals surface area contributed by atoms with Gasteiger partial charge in [0.25, 0.3) is 11.1 Å². The van der Waals surface area contributed by atoms with E-state index in [1.165, 1.54) is 28.6 Å². The van der Waals surface area contributed by atoms with Crippen LogP contribution in [0, 0.1) is 5.92 Å². The molecule has 0 saturated carbocycles. The Kier molecular flexibility index (Phi) is 5.82. The molecule has 4 rings (SSSR count).